The summed E-state index contributed by atoms with van der Waals surface area (Å²) < 4.78 is 39.1. The van der Waals surface area contributed by atoms with Gasteiger partial charge in [-0.1, -0.05) is 6.07 Å². The summed E-state index contributed by atoms with van der Waals surface area (Å²) in [6.07, 6.45) is 3.45. The number of nitrogens with one attached hydrogen (secondary N) is 1. The van der Waals surface area contributed by atoms with Crippen molar-refractivity contribution in [2.24, 2.45) is 0 Å². The summed E-state index contributed by atoms with van der Waals surface area (Å²) in [6, 6.07) is 12.1. The van der Waals surface area contributed by atoms with E-state index in [1.165, 1.54) is 16.4 Å². The van der Waals surface area contributed by atoms with Crippen molar-refractivity contribution in [3.8, 4) is 17.2 Å². The summed E-state index contributed by atoms with van der Waals surface area (Å²) in [6.45, 7) is 2.46. The van der Waals surface area contributed by atoms with Gasteiger partial charge in [-0.05, 0) is 53.8 Å². The van der Waals surface area contributed by atoms with Gasteiger partial charge in [-0.3, -0.25) is 4.98 Å². The normalized spacial score (nSPS) is 15.1. The van der Waals surface area contributed by atoms with E-state index in [4.69, 9.17) is 5.26 Å². The van der Waals surface area contributed by atoms with E-state index in [-0.39, 0.29) is 17.4 Å². The number of aromatic nitrogens is 1. The van der Waals surface area contributed by atoms with Crippen LogP contribution in [-0.2, 0) is 10.0 Å². The number of sulfonamides is 1. The Morgan fingerprint density at radius 3 is 2.76 bits per heavy atom. The van der Waals surface area contributed by atoms with Crippen LogP contribution in [0.1, 0.15) is 12.5 Å². The third-order valence-electron chi connectivity index (χ3n) is 5.14. The molecule has 1 fully saturated rings. The molecule has 1 N–H and O–H groups in total. The zero-order valence-electron chi connectivity index (χ0n) is 15.8. The molecular weight excluding hydrogens is 391 g/mol. The topological polar surface area (TPSA) is 86.1 Å². The van der Waals surface area contributed by atoms with Crippen molar-refractivity contribution in [3.63, 3.8) is 0 Å². The van der Waals surface area contributed by atoms with Crippen LogP contribution in [-0.4, -0.2) is 42.6 Å². The molecule has 3 aromatic rings. The molecule has 0 aliphatic carbocycles. The van der Waals surface area contributed by atoms with Crippen LogP contribution in [0.15, 0.2) is 48.8 Å². The average molecular weight is 410 g/mol. The van der Waals surface area contributed by atoms with E-state index in [9.17, 15) is 12.8 Å². The summed E-state index contributed by atoms with van der Waals surface area (Å²) in [5, 5.41) is 14.4. The number of halogens is 1. The molecule has 0 bridgehead atoms. The van der Waals surface area contributed by atoms with Gasteiger partial charge in [0.2, 0.25) is 10.0 Å². The lowest BCUT2D eigenvalue weighted by molar-refractivity contribution is 0.281. The van der Waals surface area contributed by atoms with E-state index < -0.39 is 15.8 Å². The number of nitrogens with zero attached hydrogens (tertiary/aromatic N) is 3. The van der Waals surface area contributed by atoms with Gasteiger partial charge in [0.1, 0.15) is 11.9 Å². The predicted octanol–water partition coefficient (Wildman–Crippen LogP) is 3.36. The minimum absolute atomic E-state index is 0.00197. The molecule has 1 aromatic heterocycles. The number of anilines is 1. The largest absolute Gasteiger partial charge is 0.379 e. The molecule has 148 valence electrons. The molecule has 29 heavy (non-hydrogen) atoms. The fraction of sp³-hybridized carbons (Fsp3) is 0.238. The Kier molecular flexibility index (Phi) is 4.94. The van der Waals surface area contributed by atoms with Crippen molar-refractivity contribution in [3.05, 3.63) is 60.2 Å². The van der Waals surface area contributed by atoms with Gasteiger partial charge in [-0.25, -0.2) is 12.8 Å². The van der Waals surface area contributed by atoms with Crippen LogP contribution < -0.4 is 5.32 Å². The molecule has 0 saturated carbocycles. The summed E-state index contributed by atoms with van der Waals surface area (Å²) in [5.74, 6) is -0.459. The van der Waals surface area contributed by atoms with Gasteiger partial charge in [-0.2, -0.15) is 9.57 Å². The first-order chi connectivity index (χ1) is 13.9. The summed E-state index contributed by atoms with van der Waals surface area (Å²) in [5.41, 5.74) is 2.38. The molecule has 0 unspecified atom stereocenters. The second-order valence-corrected chi connectivity index (χ2v) is 9.24. The Hall–Kier alpha value is -3.02. The number of fused-ring (bicyclic) bond motifs is 1. The molecule has 1 saturated heterocycles. The summed E-state index contributed by atoms with van der Waals surface area (Å²) >= 11 is 0. The first-order valence-corrected chi connectivity index (χ1v) is 10.8. The van der Waals surface area contributed by atoms with Crippen molar-refractivity contribution in [1.82, 2.24) is 9.29 Å². The second-order valence-electron chi connectivity index (χ2n) is 6.99. The van der Waals surface area contributed by atoms with E-state index in [0.29, 0.717) is 13.1 Å². The van der Waals surface area contributed by atoms with Crippen LogP contribution >= 0.6 is 0 Å². The van der Waals surface area contributed by atoms with Crippen LogP contribution in [0.3, 0.4) is 0 Å². The lowest BCUT2D eigenvalue weighted by Crippen LogP contribution is -2.57. The van der Waals surface area contributed by atoms with E-state index in [1.54, 1.807) is 25.4 Å². The zero-order chi connectivity index (χ0) is 20.6. The highest BCUT2D eigenvalue weighted by Gasteiger charge is 2.34. The molecule has 6 nitrogen and oxygen atoms in total. The molecule has 4 rings (SSSR count). The summed E-state index contributed by atoms with van der Waals surface area (Å²) in [7, 11) is -3.18. The first-order valence-electron chi connectivity index (χ1n) is 9.23. The number of nitriles is 1. The van der Waals surface area contributed by atoms with Gasteiger partial charge in [0.25, 0.3) is 0 Å². The van der Waals surface area contributed by atoms with Crippen LogP contribution in [0, 0.1) is 17.1 Å². The Morgan fingerprint density at radius 1 is 1.24 bits per heavy atom. The molecule has 8 heteroatoms. The smallest absolute Gasteiger partial charge is 0.213 e. The van der Waals surface area contributed by atoms with Crippen LogP contribution in [0.2, 0.25) is 0 Å². The number of hydrogen-bond acceptors (Lipinski definition) is 5. The highest BCUT2D eigenvalue weighted by atomic mass is 32.2. The first kappa shape index (κ1) is 19.3. The predicted molar refractivity (Wildman–Crippen MR) is 110 cm³/mol. The van der Waals surface area contributed by atoms with Crippen molar-refractivity contribution < 1.29 is 12.8 Å². The molecule has 2 aromatic carbocycles. The van der Waals surface area contributed by atoms with E-state index in [2.05, 4.69) is 10.3 Å². The summed E-state index contributed by atoms with van der Waals surface area (Å²) in [4.78, 5) is 4.19. The average Bonchev–Trinajstić information content (AvgIpc) is 2.70. The SMILES string of the molecule is CCS(=O)(=O)N1CC(Nc2cc(-c3ccc(F)c(C#N)c3)cc3ccncc23)C1. The van der Waals surface area contributed by atoms with Gasteiger partial charge in [0, 0.05) is 36.6 Å². The van der Waals surface area contributed by atoms with Crippen molar-refractivity contribution in [2.45, 2.75) is 13.0 Å². The number of hydrogen-bond donors (Lipinski definition) is 1. The Balaban J connectivity index is 1.69. The van der Waals surface area contributed by atoms with Gasteiger partial charge < -0.3 is 5.32 Å². The van der Waals surface area contributed by atoms with Crippen molar-refractivity contribution in [2.75, 3.05) is 24.2 Å². The highest BCUT2D eigenvalue weighted by Crippen LogP contribution is 2.32. The third kappa shape index (κ3) is 3.67. The van der Waals surface area contributed by atoms with E-state index >= 15 is 0 Å². The maximum atomic E-state index is 13.7. The molecule has 2 heterocycles. The maximum Gasteiger partial charge on any atom is 0.213 e. The standard InChI is InChI=1S/C21H19FN4O2S/c1-2-29(27,28)26-12-18(13-26)25-21-9-16(8-15-5-6-24-11-19(15)21)14-3-4-20(22)17(7-14)10-23/h3-9,11,18,25H,2,12-13H2,1H3. The lowest BCUT2D eigenvalue weighted by Gasteiger charge is -2.39. The minimum Gasteiger partial charge on any atom is -0.379 e. The van der Waals surface area contributed by atoms with Gasteiger partial charge in [-0.15, -0.1) is 0 Å². The Bertz CT molecular complexity index is 1230. The molecular formula is C21H19FN4O2S. The Morgan fingerprint density at radius 2 is 2.03 bits per heavy atom. The zero-order valence-corrected chi connectivity index (χ0v) is 16.6. The van der Waals surface area contributed by atoms with Gasteiger partial charge in [0.15, 0.2) is 0 Å². The number of benzene rings is 2. The van der Waals surface area contributed by atoms with E-state index in [1.807, 2.05) is 24.3 Å². The number of pyridine rings is 1. The number of rotatable bonds is 5. The highest BCUT2D eigenvalue weighted by molar-refractivity contribution is 7.89. The van der Waals surface area contributed by atoms with Gasteiger partial charge >= 0.3 is 0 Å². The van der Waals surface area contributed by atoms with Crippen LogP contribution in [0.25, 0.3) is 21.9 Å². The van der Waals surface area contributed by atoms with Crippen molar-refractivity contribution in [1.29, 1.82) is 5.26 Å². The van der Waals surface area contributed by atoms with Crippen LogP contribution in [0.5, 0.6) is 0 Å². The minimum atomic E-state index is -3.18. The fourth-order valence-corrected chi connectivity index (χ4v) is 4.61. The van der Waals surface area contributed by atoms with Crippen LogP contribution in [0.4, 0.5) is 10.1 Å². The fourth-order valence-electron chi connectivity index (χ4n) is 3.43. The molecule has 0 radical (unpaired) electrons. The quantitative estimate of drug-likeness (QED) is 0.697. The third-order valence-corrected chi connectivity index (χ3v) is 6.96. The molecule has 1 aliphatic heterocycles. The van der Waals surface area contributed by atoms with Gasteiger partial charge in [0.05, 0.1) is 17.4 Å². The molecule has 1 aliphatic rings. The molecule has 0 spiro atoms. The maximum absolute atomic E-state index is 13.7. The Labute approximate surface area is 168 Å². The lowest BCUT2D eigenvalue weighted by atomic mass is 9.98. The monoisotopic (exact) mass is 410 g/mol. The molecule has 0 amide bonds. The van der Waals surface area contributed by atoms with Crippen molar-refractivity contribution >= 4 is 26.5 Å². The molecule has 0 atom stereocenters. The van der Waals surface area contributed by atoms with E-state index in [0.717, 1.165) is 27.6 Å². The second kappa shape index (κ2) is 7.43.